The second-order valence-electron chi connectivity index (χ2n) is 6.37. The number of carboxylic acids is 1. The average molecular weight is 396 g/mol. The molecular formula is C17H20N2O5S2. The van der Waals surface area contributed by atoms with Gasteiger partial charge < -0.3 is 10.0 Å². The van der Waals surface area contributed by atoms with E-state index in [4.69, 9.17) is 5.14 Å². The number of likely N-dealkylation sites (tertiary alicyclic amines) is 1. The van der Waals surface area contributed by atoms with Crippen molar-refractivity contribution in [3.63, 3.8) is 0 Å². The number of sulfonamides is 1. The Hall–Kier alpha value is -1.97. The van der Waals surface area contributed by atoms with E-state index in [1.807, 2.05) is 4.90 Å². The Morgan fingerprint density at radius 1 is 1.19 bits per heavy atom. The lowest BCUT2D eigenvalue weighted by atomic mass is 9.96. The lowest BCUT2D eigenvalue weighted by molar-refractivity contribution is -0.138. The van der Waals surface area contributed by atoms with Crippen LogP contribution >= 0.6 is 0 Å². The van der Waals surface area contributed by atoms with Crippen molar-refractivity contribution < 1.29 is 22.5 Å². The third-order valence-corrected chi connectivity index (χ3v) is 7.31. The summed E-state index contributed by atoms with van der Waals surface area (Å²) in [7, 11) is -6.15. The summed E-state index contributed by atoms with van der Waals surface area (Å²) >= 11 is 0. The fourth-order valence-electron chi connectivity index (χ4n) is 3.27. The molecule has 0 saturated carbocycles. The molecular weight excluding hydrogens is 376 g/mol. The van der Waals surface area contributed by atoms with Crippen molar-refractivity contribution in [3.05, 3.63) is 53.1 Å². The van der Waals surface area contributed by atoms with Gasteiger partial charge in [0.1, 0.15) is 0 Å². The third kappa shape index (κ3) is 3.46. The van der Waals surface area contributed by atoms with Crippen molar-refractivity contribution in [3.8, 4) is 0 Å². The van der Waals surface area contributed by atoms with E-state index in [1.165, 1.54) is 6.08 Å². The van der Waals surface area contributed by atoms with Crippen LogP contribution in [0.15, 0.2) is 58.0 Å². The lowest BCUT2D eigenvalue weighted by Crippen LogP contribution is -2.45. The fraction of sp³-hybridized carbons (Fsp3) is 0.353. The molecule has 3 rings (SSSR count). The highest BCUT2D eigenvalue weighted by atomic mass is 32.2. The van der Waals surface area contributed by atoms with Crippen molar-refractivity contribution in [1.82, 2.24) is 4.90 Å². The minimum Gasteiger partial charge on any atom is -0.480 e. The maximum absolute atomic E-state index is 13.2. The van der Waals surface area contributed by atoms with Crippen LogP contribution in [-0.2, 0) is 25.6 Å². The Morgan fingerprint density at radius 2 is 1.81 bits per heavy atom. The Balaban J connectivity index is 2.14. The molecule has 0 spiro atoms. The van der Waals surface area contributed by atoms with Gasteiger partial charge in [-0.3, -0.25) is 9.00 Å². The summed E-state index contributed by atoms with van der Waals surface area (Å²) in [5.41, 5.74) is 0.542. The fourth-order valence-corrected chi connectivity index (χ4v) is 5.51. The number of allylic oxidation sites excluding steroid dienone is 2. The molecule has 2 unspecified atom stereocenters. The number of rotatable bonds is 5. The maximum atomic E-state index is 13.2. The molecule has 9 heteroatoms. The molecule has 7 nitrogen and oxygen atoms in total. The van der Waals surface area contributed by atoms with E-state index in [0.717, 1.165) is 18.9 Å². The minimum absolute atomic E-state index is 0.0527. The van der Waals surface area contributed by atoms with Crippen LogP contribution in [0, 0.1) is 0 Å². The molecule has 140 valence electrons. The molecule has 1 aromatic rings. The molecule has 26 heavy (non-hydrogen) atoms. The largest absolute Gasteiger partial charge is 0.480 e. The monoisotopic (exact) mass is 396 g/mol. The smallest absolute Gasteiger partial charge is 0.327 e. The van der Waals surface area contributed by atoms with Gasteiger partial charge in [0, 0.05) is 30.1 Å². The first-order valence-electron chi connectivity index (χ1n) is 8.15. The topological polar surface area (TPSA) is 118 Å². The molecule has 2 aliphatic rings. The van der Waals surface area contributed by atoms with Crippen LogP contribution < -0.4 is 5.14 Å². The van der Waals surface area contributed by atoms with Gasteiger partial charge in [0.05, 0.1) is 15.7 Å². The first kappa shape index (κ1) is 18.8. The highest BCUT2D eigenvalue weighted by Crippen LogP contribution is 2.38. The Morgan fingerprint density at radius 3 is 2.35 bits per heavy atom. The van der Waals surface area contributed by atoms with Crippen LogP contribution in [0.4, 0.5) is 0 Å². The number of primary sulfonamides is 1. The van der Waals surface area contributed by atoms with Crippen molar-refractivity contribution in [2.75, 3.05) is 13.1 Å². The number of benzene rings is 1. The van der Waals surface area contributed by atoms with Crippen LogP contribution in [0.25, 0.3) is 0 Å². The van der Waals surface area contributed by atoms with Crippen LogP contribution in [-0.4, -0.2) is 46.4 Å². The first-order valence-corrected chi connectivity index (χ1v) is 10.9. The summed E-state index contributed by atoms with van der Waals surface area (Å²) in [5.74, 6) is -1.34. The summed E-state index contributed by atoms with van der Waals surface area (Å²) in [6.07, 6.45) is 4.27. The molecule has 0 radical (unpaired) electrons. The van der Waals surface area contributed by atoms with E-state index in [0.29, 0.717) is 23.7 Å². The predicted octanol–water partition coefficient (Wildman–Crippen LogP) is 1.17. The second-order valence-corrected chi connectivity index (χ2v) is 9.67. The van der Waals surface area contributed by atoms with E-state index in [2.05, 4.69) is 0 Å². The summed E-state index contributed by atoms with van der Waals surface area (Å²) in [4.78, 5) is 14.2. The van der Waals surface area contributed by atoms with Gasteiger partial charge in [-0.15, -0.1) is 0 Å². The number of nitrogens with zero attached hydrogens (tertiary/aromatic N) is 1. The summed E-state index contributed by atoms with van der Waals surface area (Å²) in [6.45, 7) is 1.41. The van der Waals surface area contributed by atoms with E-state index >= 15 is 0 Å². The summed E-state index contributed by atoms with van der Waals surface area (Å²) in [5, 5.41) is 15.2. The molecule has 2 atom stereocenters. The molecule has 1 fully saturated rings. The van der Waals surface area contributed by atoms with Gasteiger partial charge in [-0.1, -0.05) is 18.2 Å². The lowest BCUT2D eigenvalue weighted by Gasteiger charge is -2.34. The van der Waals surface area contributed by atoms with Gasteiger partial charge >= 0.3 is 5.97 Å². The SMILES string of the molecule is NS(=O)(=O)C1=CC(C(=O)O)(S(=O)c2ccccc2)CC(N2CCCC2)=C1. The molecule has 0 amide bonds. The van der Waals surface area contributed by atoms with E-state index in [9.17, 15) is 22.5 Å². The molecule has 1 aliphatic carbocycles. The van der Waals surface area contributed by atoms with Gasteiger partial charge in [0.2, 0.25) is 10.0 Å². The van der Waals surface area contributed by atoms with Crippen LogP contribution in [0.1, 0.15) is 19.3 Å². The van der Waals surface area contributed by atoms with Crippen molar-refractivity contribution in [2.24, 2.45) is 5.14 Å². The summed E-state index contributed by atoms with van der Waals surface area (Å²) in [6, 6.07) is 8.19. The first-order chi connectivity index (χ1) is 12.2. The van der Waals surface area contributed by atoms with Crippen LogP contribution in [0.2, 0.25) is 0 Å². The Bertz CT molecular complexity index is 902. The number of aliphatic carboxylic acids is 1. The molecule has 0 bridgehead atoms. The van der Waals surface area contributed by atoms with Crippen LogP contribution in [0.3, 0.4) is 0 Å². The van der Waals surface area contributed by atoms with Gasteiger partial charge in [-0.25, -0.2) is 13.6 Å². The number of carbonyl (C=O) groups is 1. The molecule has 1 heterocycles. The zero-order valence-corrected chi connectivity index (χ0v) is 15.6. The van der Waals surface area contributed by atoms with Gasteiger partial charge in [-0.05, 0) is 37.1 Å². The summed E-state index contributed by atoms with van der Waals surface area (Å²) < 4.78 is 35.2. The van der Waals surface area contributed by atoms with E-state index < -0.39 is 31.5 Å². The molecule has 1 saturated heterocycles. The standard InChI is InChI=1S/C17H20N2O5S2/c18-26(23,24)15-10-13(19-8-4-5-9-19)11-17(12-15,16(20)21)25(22)14-6-2-1-3-7-14/h1-3,6-7,10,12H,4-5,8-9,11H2,(H,20,21)(H2,18,23,24). The Labute approximate surface area is 154 Å². The number of hydrogen-bond donors (Lipinski definition) is 2. The van der Waals surface area contributed by atoms with E-state index in [1.54, 1.807) is 30.3 Å². The van der Waals surface area contributed by atoms with Crippen LogP contribution in [0.5, 0.6) is 0 Å². The van der Waals surface area contributed by atoms with Gasteiger partial charge in [0.25, 0.3) is 0 Å². The van der Waals surface area contributed by atoms with Crippen molar-refractivity contribution in [2.45, 2.75) is 28.9 Å². The molecule has 1 aromatic carbocycles. The normalized spacial score (nSPS) is 24.7. The van der Waals surface area contributed by atoms with Crippen molar-refractivity contribution >= 4 is 26.8 Å². The highest BCUT2D eigenvalue weighted by molar-refractivity contribution is 7.93. The molecule has 0 aromatic heterocycles. The van der Waals surface area contributed by atoms with Crippen molar-refractivity contribution in [1.29, 1.82) is 0 Å². The zero-order chi connectivity index (χ0) is 18.9. The zero-order valence-electron chi connectivity index (χ0n) is 14.0. The Kier molecular flexibility index (Phi) is 5.05. The number of hydrogen-bond acceptors (Lipinski definition) is 5. The van der Waals surface area contributed by atoms with Gasteiger partial charge in [-0.2, -0.15) is 0 Å². The predicted molar refractivity (Wildman–Crippen MR) is 97.9 cm³/mol. The van der Waals surface area contributed by atoms with E-state index in [-0.39, 0.29) is 11.3 Å². The quantitative estimate of drug-likeness (QED) is 0.771. The number of carboxylic acid groups (broad SMARTS) is 1. The average Bonchev–Trinajstić information content (AvgIpc) is 3.15. The highest BCUT2D eigenvalue weighted by Gasteiger charge is 2.48. The molecule has 1 aliphatic heterocycles. The maximum Gasteiger partial charge on any atom is 0.327 e. The minimum atomic E-state index is -4.15. The van der Waals surface area contributed by atoms with Gasteiger partial charge in [0.15, 0.2) is 4.75 Å². The molecule has 3 N–H and O–H groups in total. The second kappa shape index (κ2) is 6.98. The number of nitrogens with two attached hydrogens (primary N) is 1. The third-order valence-electron chi connectivity index (χ3n) is 4.62.